The normalized spacial score (nSPS) is 10.8. The predicted octanol–water partition coefficient (Wildman–Crippen LogP) is 11.3. The summed E-state index contributed by atoms with van der Waals surface area (Å²) in [4.78, 5) is 4.60. The number of anilines is 6. The van der Waals surface area contributed by atoms with Crippen molar-refractivity contribution in [2.75, 3.05) is 9.80 Å². The highest BCUT2D eigenvalue weighted by atomic mass is 79.9. The minimum absolute atomic E-state index is 1.03. The number of hydrogen-bond donors (Lipinski definition) is 0. The highest BCUT2D eigenvalue weighted by Crippen LogP contribution is 2.39. The highest BCUT2D eigenvalue weighted by molar-refractivity contribution is 9.10. The predicted molar refractivity (Wildman–Crippen MR) is 170 cm³/mol. The Balaban J connectivity index is 1.56. The number of benzene rings is 5. The van der Waals surface area contributed by atoms with Crippen LogP contribution >= 0.6 is 31.9 Å². The van der Waals surface area contributed by atoms with Crippen LogP contribution in [-0.4, -0.2) is 0 Å². The number of nitrogens with zero attached hydrogens (tertiary/aromatic N) is 2. The third-order valence-electron chi connectivity index (χ3n) is 6.74. The first-order valence-electron chi connectivity index (χ1n) is 12.9. The van der Waals surface area contributed by atoms with E-state index < -0.39 is 0 Å². The van der Waals surface area contributed by atoms with E-state index in [1.807, 2.05) is 0 Å². The molecule has 0 saturated heterocycles. The van der Waals surface area contributed by atoms with E-state index in [1.165, 1.54) is 11.1 Å². The van der Waals surface area contributed by atoms with Gasteiger partial charge in [0, 0.05) is 43.1 Å². The summed E-state index contributed by atoms with van der Waals surface area (Å²) in [7, 11) is 0. The summed E-state index contributed by atoms with van der Waals surface area (Å²) in [5.74, 6) is 0. The molecule has 0 amide bonds. The van der Waals surface area contributed by atoms with Gasteiger partial charge in [0.1, 0.15) is 0 Å². The number of rotatable bonds is 8. The van der Waals surface area contributed by atoms with Gasteiger partial charge in [0.2, 0.25) is 0 Å². The van der Waals surface area contributed by atoms with Gasteiger partial charge in [-0.15, -0.1) is 0 Å². The molecule has 0 radical (unpaired) electrons. The van der Waals surface area contributed by atoms with E-state index in [1.54, 1.807) is 0 Å². The minimum atomic E-state index is 1.03. The molecule has 5 aromatic carbocycles. The lowest BCUT2D eigenvalue weighted by molar-refractivity contribution is 1.13. The molecule has 38 heavy (non-hydrogen) atoms. The summed E-state index contributed by atoms with van der Waals surface area (Å²) in [6.45, 7) is 4.38. The van der Waals surface area contributed by atoms with E-state index in [0.29, 0.717) is 0 Å². The second kappa shape index (κ2) is 12.0. The van der Waals surface area contributed by atoms with Crippen molar-refractivity contribution >= 4 is 66.0 Å². The third-order valence-corrected chi connectivity index (χ3v) is 7.80. The van der Waals surface area contributed by atoms with E-state index in [4.69, 9.17) is 0 Å². The molecule has 0 spiro atoms. The Morgan fingerprint density at radius 3 is 0.816 bits per heavy atom. The first-order valence-corrected chi connectivity index (χ1v) is 14.5. The van der Waals surface area contributed by atoms with Crippen LogP contribution in [0, 0.1) is 0 Å². The molecule has 0 saturated carbocycles. The lowest BCUT2D eigenvalue weighted by Gasteiger charge is -2.28. The molecule has 0 bridgehead atoms. The van der Waals surface area contributed by atoms with Crippen LogP contribution in [0.1, 0.15) is 25.0 Å². The average molecular weight is 626 g/mol. The van der Waals surface area contributed by atoms with Gasteiger partial charge >= 0.3 is 0 Å². The quantitative estimate of drug-likeness (QED) is 0.169. The maximum atomic E-state index is 3.58. The Morgan fingerprint density at radius 2 is 0.579 bits per heavy atom. The van der Waals surface area contributed by atoms with Crippen LogP contribution in [0.2, 0.25) is 0 Å². The van der Waals surface area contributed by atoms with Gasteiger partial charge < -0.3 is 9.80 Å². The zero-order chi connectivity index (χ0) is 26.5. The van der Waals surface area contributed by atoms with Crippen LogP contribution in [0.4, 0.5) is 34.1 Å². The van der Waals surface area contributed by atoms with Gasteiger partial charge in [-0.2, -0.15) is 0 Å². The summed E-state index contributed by atoms with van der Waals surface area (Å²) in [6.07, 6.45) is 2.05. The molecule has 0 unspecified atom stereocenters. The van der Waals surface area contributed by atoms with Gasteiger partial charge in [-0.1, -0.05) is 70.0 Å². The van der Waals surface area contributed by atoms with Crippen molar-refractivity contribution in [3.63, 3.8) is 0 Å². The molecule has 0 N–H and O–H groups in total. The lowest BCUT2D eigenvalue weighted by atomic mass is 10.1. The number of aryl methyl sites for hydroxylation is 2. The zero-order valence-electron chi connectivity index (χ0n) is 21.6. The Bertz CT molecular complexity index is 1340. The monoisotopic (exact) mass is 624 g/mol. The van der Waals surface area contributed by atoms with Gasteiger partial charge in [0.15, 0.2) is 0 Å². The van der Waals surface area contributed by atoms with Crippen molar-refractivity contribution in [1.29, 1.82) is 0 Å². The second-order valence-electron chi connectivity index (χ2n) is 9.18. The molecule has 5 rings (SSSR count). The SMILES string of the molecule is CCc1ccc(N(c2ccc(Br)cc2)c2ccc(N(c3ccc(Br)cc3)c3ccc(CC)cc3)cc2)cc1. The number of halogens is 2. The van der Waals surface area contributed by atoms with E-state index in [2.05, 4.69) is 177 Å². The first kappa shape index (κ1) is 26.3. The fourth-order valence-corrected chi connectivity index (χ4v) is 5.12. The van der Waals surface area contributed by atoms with Gasteiger partial charge in [0.05, 0.1) is 0 Å². The van der Waals surface area contributed by atoms with E-state index in [9.17, 15) is 0 Å². The van der Waals surface area contributed by atoms with Gasteiger partial charge in [-0.05, 0) is 121 Å². The Morgan fingerprint density at radius 1 is 0.368 bits per heavy atom. The third kappa shape index (κ3) is 5.87. The van der Waals surface area contributed by atoms with Crippen molar-refractivity contribution in [2.24, 2.45) is 0 Å². The van der Waals surface area contributed by atoms with Crippen molar-refractivity contribution in [3.05, 3.63) is 141 Å². The molecular weight excluding hydrogens is 596 g/mol. The van der Waals surface area contributed by atoms with Gasteiger partial charge in [-0.3, -0.25) is 0 Å². The smallest absolute Gasteiger partial charge is 0.0463 e. The van der Waals surface area contributed by atoms with Crippen molar-refractivity contribution < 1.29 is 0 Å². The molecular formula is C34H30Br2N2. The topological polar surface area (TPSA) is 6.48 Å². The highest BCUT2D eigenvalue weighted by Gasteiger charge is 2.16. The number of hydrogen-bond acceptors (Lipinski definition) is 2. The summed E-state index contributed by atoms with van der Waals surface area (Å²) in [6, 6.07) is 43.5. The molecule has 190 valence electrons. The summed E-state index contributed by atoms with van der Waals surface area (Å²) in [5.41, 5.74) is 9.39. The van der Waals surface area contributed by atoms with E-state index in [-0.39, 0.29) is 0 Å². The van der Waals surface area contributed by atoms with Crippen molar-refractivity contribution in [2.45, 2.75) is 26.7 Å². The maximum absolute atomic E-state index is 3.58. The van der Waals surface area contributed by atoms with Crippen LogP contribution < -0.4 is 9.80 Å². The van der Waals surface area contributed by atoms with Crippen molar-refractivity contribution in [1.82, 2.24) is 0 Å². The van der Waals surface area contributed by atoms with Crippen LogP contribution in [-0.2, 0) is 12.8 Å². The minimum Gasteiger partial charge on any atom is -0.311 e. The first-order chi connectivity index (χ1) is 18.6. The Labute approximate surface area is 242 Å². The Kier molecular flexibility index (Phi) is 8.31. The molecule has 0 atom stereocenters. The molecule has 0 aliphatic carbocycles. The largest absolute Gasteiger partial charge is 0.311 e. The lowest BCUT2D eigenvalue weighted by Crippen LogP contribution is -2.12. The molecule has 0 aliphatic heterocycles. The Hall–Kier alpha value is -3.34. The molecule has 0 heterocycles. The molecule has 0 aromatic heterocycles. The fraction of sp³-hybridized carbons (Fsp3) is 0.118. The summed E-state index contributed by atoms with van der Waals surface area (Å²) >= 11 is 7.16. The molecule has 5 aromatic rings. The van der Waals surface area contributed by atoms with E-state index in [0.717, 1.165) is 55.9 Å². The molecule has 2 nitrogen and oxygen atoms in total. The van der Waals surface area contributed by atoms with Gasteiger partial charge in [0.25, 0.3) is 0 Å². The van der Waals surface area contributed by atoms with Crippen molar-refractivity contribution in [3.8, 4) is 0 Å². The summed E-state index contributed by atoms with van der Waals surface area (Å²) in [5, 5.41) is 0. The molecule has 0 fully saturated rings. The summed E-state index contributed by atoms with van der Waals surface area (Å²) < 4.78 is 2.13. The van der Waals surface area contributed by atoms with E-state index >= 15 is 0 Å². The molecule has 4 heteroatoms. The van der Waals surface area contributed by atoms with Crippen LogP contribution in [0.25, 0.3) is 0 Å². The average Bonchev–Trinajstić information content (AvgIpc) is 2.97. The maximum Gasteiger partial charge on any atom is 0.0463 e. The van der Waals surface area contributed by atoms with Crippen LogP contribution in [0.3, 0.4) is 0 Å². The zero-order valence-corrected chi connectivity index (χ0v) is 24.8. The second-order valence-corrected chi connectivity index (χ2v) is 11.0. The standard InChI is InChI=1S/C34H30Br2N2/c1-3-25-5-13-29(14-6-25)37(31-17-9-27(35)10-18-31)33-21-23-34(24-22-33)38(32-19-11-28(36)12-20-32)30-15-7-26(4-2)8-16-30/h5-24H,3-4H2,1-2H3. The van der Waals surface area contributed by atoms with Gasteiger partial charge in [-0.25, -0.2) is 0 Å². The fourth-order valence-electron chi connectivity index (χ4n) is 4.59. The van der Waals surface area contributed by atoms with Crippen LogP contribution in [0.5, 0.6) is 0 Å². The molecule has 0 aliphatic rings. The van der Waals surface area contributed by atoms with Crippen LogP contribution in [0.15, 0.2) is 130 Å².